The molecule has 12 heteroatoms. The zero-order valence-electron chi connectivity index (χ0n) is 20.7. The number of amides is 2. The van der Waals surface area contributed by atoms with Crippen LogP contribution in [-0.4, -0.2) is 42.7 Å². The second kappa shape index (κ2) is 10.0. The van der Waals surface area contributed by atoms with Gasteiger partial charge in [0.15, 0.2) is 17.0 Å². The number of rotatable bonds is 7. The Morgan fingerprint density at radius 2 is 1.78 bits per heavy atom. The predicted octanol–water partition coefficient (Wildman–Crippen LogP) is 4.66. The van der Waals surface area contributed by atoms with Crippen molar-refractivity contribution in [2.75, 3.05) is 11.9 Å². The van der Waals surface area contributed by atoms with Crippen LogP contribution < -0.4 is 10.6 Å². The molecule has 9 nitrogen and oxygen atoms in total. The van der Waals surface area contributed by atoms with Crippen molar-refractivity contribution in [3.63, 3.8) is 0 Å². The molecule has 4 rings (SSSR count). The lowest BCUT2D eigenvalue weighted by Gasteiger charge is -2.12. The molecule has 3 heterocycles. The Balaban J connectivity index is 1.70. The highest BCUT2D eigenvalue weighted by Crippen LogP contribution is 2.33. The molecule has 4 aromatic rings. The number of nitrogens with one attached hydrogen (secondary N) is 2. The summed E-state index contributed by atoms with van der Waals surface area (Å²) >= 11 is 0. The molecule has 0 atom stereocenters. The number of benzene rings is 1. The van der Waals surface area contributed by atoms with Crippen LogP contribution in [0.15, 0.2) is 42.6 Å². The van der Waals surface area contributed by atoms with Crippen LogP contribution in [0.5, 0.6) is 0 Å². The van der Waals surface area contributed by atoms with E-state index in [0.717, 1.165) is 11.6 Å². The first-order valence-electron chi connectivity index (χ1n) is 11.7. The number of aryl methyl sites for hydroxylation is 1. The first kappa shape index (κ1) is 25.9. The van der Waals surface area contributed by atoms with Gasteiger partial charge in [0.05, 0.1) is 17.6 Å². The Bertz CT molecular complexity index is 1450. The second-order valence-electron chi connectivity index (χ2n) is 8.84. The van der Waals surface area contributed by atoms with E-state index < -0.39 is 23.7 Å². The molecule has 194 valence electrons. The maximum absolute atomic E-state index is 13.9. The van der Waals surface area contributed by atoms with Gasteiger partial charge in [-0.05, 0) is 24.0 Å². The van der Waals surface area contributed by atoms with Gasteiger partial charge in [-0.1, -0.05) is 45.0 Å². The predicted molar refractivity (Wildman–Crippen MR) is 131 cm³/mol. The number of alkyl halides is 3. The quantitative estimate of drug-likeness (QED) is 0.374. The zero-order valence-corrected chi connectivity index (χ0v) is 20.7. The molecule has 0 aliphatic heterocycles. The van der Waals surface area contributed by atoms with E-state index in [-0.39, 0.29) is 34.3 Å². The van der Waals surface area contributed by atoms with Gasteiger partial charge in [0.1, 0.15) is 5.69 Å². The number of nitrogens with zero attached hydrogens (tertiary/aromatic N) is 5. The van der Waals surface area contributed by atoms with Crippen molar-refractivity contribution in [2.24, 2.45) is 7.05 Å². The highest BCUT2D eigenvalue weighted by atomic mass is 19.4. The largest absolute Gasteiger partial charge is 0.433 e. The lowest BCUT2D eigenvalue weighted by molar-refractivity contribution is -0.142. The summed E-state index contributed by atoms with van der Waals surface area (Å²) in [4.78, 5) is 29.7. The topological polar surface area (TPSA) is 106 Å². The number of aromatic nitrogens is 5. The van der Waals surface area contributed by atoms with Gasteiger partial charge in [0, 0.05) is 25.2 Å². The molecule has 0 spiro atoms. The smallest absolute Gasteiger partial charge is 0.351 e. The van der Waals surface area contributed by atoms with Crippen LogP contribution in [-0.2, 0) is 13.2 Å². The number of hydrogen-bond acceptors (Lipinski definition) is 5. The summed E-state index contributed by atoms with van der Waals surface area (Å²) in [6.45, 7) is 6.36. The number of hydrogen-bond donors (Lipinski definition) is 2. The van der Waals surface area contributed by atoms with E-state index in [4.69, 9.17) is 0 Å². The average molecular weight is 514 g/mol. The number of anilines is 1. The molecule has 0 radical (unpaired) electrons. The first-order valence-corrected chi connectivity index (χ1v) is 11.7. The highest BCUT2D eigenvalue weighted by Gasteiger charge is 2.36. The molecular formula is C25H26F3N7O2. The standard InChI is InChI=1S/C25H26F3N7O2/c1-5-10-29-24(37)22-19(13-30-34(22)4)32-23(36)18-12-21-31-17(11-20(25(26,27)28)35(21)33-18)16-8-6-15(7-9-16)14(2)3/h6-9,11-14H,5,10H2,1-4H3,(H,29,37)(H,32,36). The Kier molecular flexibility index (Phi) is 7.01. The molecule has 1 aromatic carbocycles. The minimum atomic E-state index is -4.75. The summed E-state index contributed by atoms with van der Waals surface area (Å²) in [7, 11) is 1.54. The van der Waals surface area contributed by atoms with Gasteiger partial charge in [-0.3, -0.25) is 14.3 Å². The number of fused-ring (bicyclic) bond motifs is 1. The van der Waals surface area contributed by atoms with E-state index in [2.05, 4.69) is 25.8 Å². The minimum Gasteiger partial charge on any atom is -0.351 e. The van der Waals surface area contributed by atoms with Gasteiger partial charge in [-0.15, -0.1) is 0 Å². The third-order valence-electron chi connectivity index (χ3n) is 5.76. The van der Waals surface area contributed by atoms with E-state index in [1.807, 2.05) is 32.9 Å². The molecule has 0 saturated carbocycles. The van der Waals surface area contributed by atoms with Crippen LogP contribution >= 0.6 is 0 Å². The van der Waals surface area contributed by atoms with Crippen molar-refractivity contribution in [1.29, 1.82) is 0 Å². The monoisotopic (exact) mass is 513 g/mol. The molecule has 2 N–H and O–H groups in total. The van der Waals surface area contributed by atoms with Crippen molar-refractivity contribution >= 4 is 23.1 Å². The molecule has 2 amide bonds. The summed E-state index contributed by atoms with van der Waals surface area (Å²) < 4.78 is 43.7. The molecule has 0 aliphatic carbocycles. The number of carbonyl (C=O) groups excluding carboxylic acids is 2. The molecule has 0 aliphatic rings. The maximum atomic E-state index is 13.9. The molecule has 3 aromatic heterocycles. The van der Waals surface area contributed by atoms with Crippen LogP contribution in [0.25, 0.3) is 16.9 Å². The minimum absolute atomic E-state index is 0.101. The number of halogens is 3. The zero-order chi connectivity index (χ0) is 26.9. The molecule has 0 fully saturated rings. The lowest BCUT2D eigenvalue weighted by atomic mass is 10.0. The summed E-state index contributed by atoms with van der Waals surface area (Å²) in [5.74, 6) is -0.982. The maximum Gasteiger partial charge on any atom is 0.433 e. The Labute approximate surface area is 210 Å². The van der Waals surface area contributed by atoms with Crippen molar-refractivity contribution in [2.45, 2.75) is 39.3 Å². The molecule has 0 saturated heterocycles. The van der Waals surface area contributed by atoms with E-state index in [0.29, 0.717) is 23.0 Å². The summed E-state index contributed by atoms with van der Waals surface area (Å²) in [5, 5.41) is 13.1. The first-order chi connectivity index (χ1) is 17.5. The van der Waals surface area contributed by atoms with Gasteiger partial charge >= 0.3 is 6.18 Å². The Morgan fingerprint density at radius 1 is 1.08 bits per heavy atom. The molecule has 0 bridgehead atoms. The third-order valence-corrected chi connectivity index (χ3v) is 5.76. The molecular weight excluding hydrogens is 487 g/mol. The van der Waals surface area contributed by atoms with E-state index in [9.17, 15) is 22.8 Å². The fourth-order valence-electron chi connectivity index (χ4n) is 3.78. The van der Waals surface area contributed by atoms with Crippen LogP contribution in [0.2, 0.25) is 0 Å². The SMILES string of the molecule is CCCNC(=O)c1c(NC(=O)c2cc3nc(-c4ccc(C(C)C)cc4)cc(C(F)(F)F)n3n2)cnn1C. The van der Waals surface area contributed by atoms with E-state index in [1.165, 1.54) is 24.0 Å². The fraction of sp³-hybridized carbons (Fsp3) is 0.320. The lowest BCUT2D eigenvalue weighted by Crippen LogP contribution is -2.27. The second-order valence-corrected chi connectivity index (χ2v) is 8.84. The molecule has 0 unspecified atom stereocenters. The van der Waals surface area contributed by atoms with E-state index >= 15 is 0 Å². The highest BCUT2D eigenvalue weighted by molar-refractivity contribution is 6.07. The van der Waals surface area contributed by atoms with Gasteiger partial charge in [0.2, 0.25) is 0 Å². The van der Waals surface area contributed by atoms with Crippen molar-refractivity contribution in [3.8, 4) is 11.3 Å². The summed E-state index contributed by atoms with van der Waals surface area (Å²) in [5.41, 5.74) is 0.346. The number of carbonyl (C=O) groups is 2. The average Bonchev–Trinajstić information content (AvgIpc) is 3.44. The van der Waals surface area contributed by atoms with Gasteiger partial charge in [-0.25, -0.2) is 9.50 Å². The molecule has 37 heavy (non-hydrogen) atoms. The van der Waals surface area contributed by atoms with Crippen LogP contribution in [0.1, 0.15) is 65.3 Å². The fourth-order valence-corrected chi connectivity index (χ4v) is 3.78. The van der Waals surface area contributed by atoms with Crippen molar-refractivity contribution in [1.82, 2.24) is 29.7 Å². The van der Waals surface area contributed by atoms with Crippen LogP contribution in [0.4, 0.5) is 18.9 Å². The summed E-state index contributed by atoms with van der Waals surface area (Å²) in [6.07, 6.45) is -2.75. The van der Waals surface area contributed by atoms with Gasteiger partial charge in [-0.2, -0.15) is 23.4 Å². The van der Waals surface area contributed by atoms with E-state index in [1.54, 1.807) is 12.1 Å². The third kappa shape index (κ3) is 5.32. The van der Waals surface area contributed by atoms with Crippen LogP contribution in [0, 0.1) is 0 Å². The van der Waals surface area contributed by atoms with Gasteiger partial charge < -0.3 is 10.6 Å². The Morgan fingerprint density at radius 3 is 2.41 bits per heavy atom. The van der Waals surface area contributed by atoms with Crippen LogP contribution in [0.3, 0.4) is 0 Å². The van der Waals surface area contributed by atoms with Gasteiger partial charge in [0.25, 0.3) is 11.8 Å². The Hall–Kier alpha value is -4.22. The summed E-state index contributed by atoms with van der Waals surface area (Å²) in [6, 6.07) is 9.19. The van der Waals surface area contributed by atoms with Crippen molar-refractivity contribution < 1.29 is 22.8 Å². The van der Waals surface area contributed by atoms with Crippen molar-refractivity contribution in [3.05, 3.63) is 65.2 Å². The normalized spacial score (nSPS) is 11.8.